The van der Waals surface area contributed by atoms with Gasteiger partial charge in [-0.2, -0.15) is 0 Å². The molecule has 0 radical (unpaired) electrons. The van der Waals surface area contributed by atoms with E-state index >= 15 is 4.39 Å². The highest BCUT2D eigenvalue weighted by Crippen LogP contribution is 2.37. The lowest BCUT2D eigenvalue weighted by Crippen LogP contribution is -2.42. The minimum Gasteiger partial charge on any atom is -0.465 e. The van der Waals surface area contributed by atoms with Gasteiger partial charge in [-0.25, -0.2) is 23.9 Å². The minimum absolute atomic E-state index is 0.313. The third-order valence-electron chi connectivity index (χ3n) is 11.0. The maximum absolute atomic E-state index is 15.8. The predicted molar refractivity (Wildman–Crippen MR) is 215 cm³/mol. The van der Waals surface area contributed by atoms with Crippen molar-refractivity contribution in [2.75, 3.05) is 13.1 Å². The molecule has 0 spiro atoms. The van der Waals surface area contributed by atoms with E-state index in [0.29, 0.717) is 71.9 Å². The molecule has 8 rings (SSSR count). The summed E-state index contributed by atoms with van der Waals surface area (Å²) in [7, 11) is 0. The number of hydrogen-bond acceptors (Lipinski definition) is 6. The Morgan fingerprint density at radius 3 is 1.58 bits per heavy atom. The molecule has 4 heterocycles. The monoisotopic (exact) mass is 796 g/mol. The lowest BCUT2D eigenvalue weighted by atomic mass is 10.0. The van der Waals surface area contributed by atoms with E-state index in [2.05, 4.69) is 30.6 Å². The average Bonchev–Trinajstić information content (AvgIpc) is 4.09. The van der Waals surface area contributed by atoms with Crippen LogP contribution in [0.3, 0.4) is 0 Å². The number of benzene rings is 4. The fourth-order valence-electron chi connectivity index (χ4n) is 8.13. The van der Waals surface area contributed by atoms with Crippen LogP contribution in [0.5, 0.6) is 0 Å². The number of carbonyl (C=O) groups is 4. The fraction of sp³-hybridized carbons (Fsp3) is 0.227. The van der Waals surface area contributed by atoms with Crippen LogP contribution < -0.4 is 10.6 Å². The number of likely N-dealkylation sites (tertiary alicyclic amines) is 2. The topological polar surface area (TPSA) is 197 Å². The molecule has 59 heavy (non-hydrogen) atoms. The third kappa shape index (κ3) is 8.12. The van der Waals surface area contributed by atoms with Crippen LogP contribution >= 0.6 is 0 Å². The number of amides is 4. The maximum Gasteiger partial charge on any atom is 0.405 e. The van der Waals surface area contributed by atoms with Gasteiger partial charge in [0.2, 0.25) is 0 Å². The van der Waals surface area contributed by atoms with Crippen molar-refractivity contribution in [3.63, 3.8) is 0 Å². The standard InChI is InChI=1S/C44H41FN8O6/c45-32-23-30(19-20-31(32)34-25-47-40(49-34)36-14-8-22-53(36)42(55)38(51-44(58)59)29-11-5-2-6-12-29)26-15-17-27(18-16-26)33-24-46-39(48-33)35-13-7-21-52(35)41(54)37(50-43(56)57)28-9-3-1-4-10-28/h1-6,9-12,15-20,23-25,35-38,50-51H,7-8,13-14,21-22H2,(H,46,48)(H,47,49)(H,56,57)(H,58,59)/t35?,36-,37?,38+/m0/s1. The first-order valence-electron chi connectivity index (χ1n) is 19.3. The number of rotatable bonds is 11. The van der Waals surface area contributed by atoms with Crippen LogP contribution in [0.25, 0.3) is 33.6 Å². The van der Waals surface area contributed by atoms with Gasteiger partial charge in [0.1, 0.15) is 29.5 Å². The van der Waals surface area contributed by atoms with Crippen molar-refractivity contribution in [3.8, 4) is 33.6 Å². The molecule has 4 aromatic carbocycles. The zero-order chi connectivity index (χ0) is 41.0. The van der Waals surface area contributed by atoms with Gasteiger partial charge in [0.25, 0.3) is 11.8 Å². The first-order valence-corrected chi connectivity index (χ1v) is 19.3. The molecular formula is C44H41FN8O6. The van der Waals surface area contributed by atoms with E-state index in [1.54, 1.807) is 88.9 Å². The van der Waals surface area contributed by atoms with Gasteiger partial charge in [-0.3, -0.25) is 9.59 Å². The second-order valence-electron chi connectivity index (χ2n) is 14.6. The smallest absolute Gasteiger partial charge is 0.405 e. The number of hydrogen-bond donors (Lipinski definition) is 6. The Labute approximate surface area is 338 Å². The Kier molecular flexibility index (Phi) is 10.9. The fourth-order valence-corrected chi connectivity index (χ4v) is 8.13. The van der Waals surface area contributed by atoms with Crippen LogP contribution in [-0.2, 0) is 9.59 Å². The van der Waals surface area contributed by atoms with Crippen molar-refractivity contribution in [3.05, 3.63) is 144 Å². The SMILES string of the molecule is O=C(O)NC(C(=O)N1CCCC1c1ncc(-c2ccc(-c3ccc(-c4cnc([C@@H]5CCCN5C(=O)[C@H](NC(=O)O)c5ccccc5)[nH]4)c(F)c3)cc2)[nH]1)c1ccccc1. The van der Waals surface area contributed by atoms with Crippen molar-refractivity contribution in [1.82, 2.24) is 40.4 Å². The first-order chi connectivity index (χ1) is 28.6. The van der Waals surface area contributed by atoms with Gasteiger partial charge in [-0.05, 0) is 65.6 Å². The molecule has 2 fully saturated rings. The van der Waals surface area contributed by atoms with Crippen LogP contribution in [0, 0.1) is 5.82 Å². The molecule has 6 N–H and O–H groups in total. The molecule has 14 nitrogen and oxygen atoms in total. The minimum atomic E-state index is -1.31. The summed E-state index contributed by atoms with van der Waals surface area (Å²) in [6.45, 7) is 0.900. The highest BCUT2D eigenvalue weighted by Gasteiger charge is 2.38. The van der Waals surface area contributed by atoms with E-state index in [9.17, 15) is 29.4 Å². The highest BCUT2D eigenvalue weighted by molar-refractivity contribution is 5.88. The van der Waals surface area contributed by atoms with Gasteiger partial charge >= 0.3 is 12.2 Å². The summed E-state index contributed by atoms with van der Waals surface area (Å²) in [6.07, 6.45) is 3.40. The molecule has 4 amide bonds. The number of imidazole rings is 2. The van der Waals surface area contributed by atoms with Gasteiger partial charge < -0.3 is 40.6 Å². The number of aromatic amines is 2. The Morgan fingerprint density at radius 1 is 0.627 bits per heavy atom. The molecule has 6 aromatic rings. The Hall–Kier alpha value is -7.29. The summed E-state index contributed by atoms with van der Waals surface area (Å²) in [5.74, 6) is -0.0850. The van der Waals surface area contributed by atoms with E-state index in [0.717, 1.165) is 23.2 Å². The molecule has 300 valence electrons. The van der Waals surface area contributed by atoms with E-state index in [1.807, 2.05) is 30.3 Å². The lowest BCUT2D eigenvalue weighted by Gasteiger charge is -2.28. The number of H-pyrrole nitrogens is 2. The molecular weight excluding hydrogens is 756 g/mol. The Balaban J connectivity index is 0.948. The van der Waals surface area contributed by atoms with E-state index in [-0.39, 0.29) is 17.9 Å². The highest BCUT2D eigenvalue weighted by atomic mass is 19.1. The van der Waals surface area contributed by atoms with Crippen LogP contribution in [0.15, 0.2) is 116 Å². The number of nitrogens with zero attached hydrogens (tertiary/aromatic N) is 4. The van der Waals surface area contributed by atoms with E-state index < -0.39 is 36.1 Å². The van der Waals surface area contributed by atoms with Gasteiger partial charge in [-0.1, -0.05) is 91.0 Å². The summed E-state index contributed by atoms with van der Waals surface area (Å²) in [4.78, 5) is 69.7. The van der Waals surface area contributed by atoms with Crippen LogP contribution in [0.2, 0.25) is 0 Å². The van der Waals surface area contributed by atoms with E-state index in [4.69, 9.17) is 0 Å². The normalized spacial score (nSPS) is 17.4. The molecule has 2 aliphatic rings. The quantitative estimate of drug-likeness (QED) is 0.0770. The summed E-state index contributed by atoms with van der Waals surface area (Å²) < 4.78 is 15.8. The molecule has 0 aliphatic carbocycles. The zero-order valence-electron chi connectivity index (χ0n) is 31.7. The molecule has 0 bridgehead atoms. The van der Waals surface area contributed by atoms with Crippen molar-refractivity contribution in [1.29, 1.82) is 0 Å². The van der Waals surface area contributed by atoms with Crippen molar-refractivity contribution in [2.24, 2.45) is 0 Å². The van der Waals surface area contributed by atoms with Gasteiger partial charge in [0.05, 0.1) is 35.9 Å². The van der Waals surface area contributed by atoms with E-state index in [1.165, 1.54) is 6.07 Å². The Morgan fingerprint density at radius 2 is 1.08 bits per heavy atom. The number of aromatic nitrogens is 4. The second kappa shape index (κ2) is 16.7. The largest absolute Gasteiger partial charge is 0.465 e. The van der Waals surface area contributed by atoms with Crippen molar-refractivity contribution in [2.45, 2.75) is 49.9 Å². The summed E-state index contributed by atoms with van der Waals surface area (Å²) >= 11 is 0. The summed E-state index contributed by atoms with van der Waals surface area (Å²) in [6, 6.07) is 27.1. The molecule has 0 saturated carbocycles. The van der Waals surface area contributed by atoms with Crippen LogP contribution in [-0.4, -0.2) is 77.0 Å². The molecule has 2 unspecified atom stereocenters. The summed E-state index contributed by atoms with van der Waals surface area (Å²) in [5, 5.41) is 23.7. The molecule has 4 atom stereocenters. The number of carboxylic acid groups (broad SMARTS) is 2. The van der Waals surface area contributed by atoms with Gasteiger partial charge in [-0.15, -0.1) is 0 Å². The van der Waals surface area contributed by atoms with Crippen LogP contribution in [0.1, 0.15) is 72.6 Å². The van der Waals surface area contributed by atoms with Gasteiger partial charge in [0, 0.05) is 18.7 Å². The zero-order valence-corrected chi connectivity index (χ0v) is 31.7. The van der Waals surface area contributed by atoms with Crippen molar-refractivity contribution < 1.29 is 33.8 Å². The van der Waals surface area contributed by atoms with Crippen molar-refractivity contribution >= 4 is 24.0 Å². The third-order valence-corrected chi connectivity index (χ3v) is 11.0. The van der Waals surface area contributed by atoms with Crippen LogP contribution in [0.4, 0.5) is 14.0 Å². The van der Waals surface area contributed by atoms with Gasteiger partial charge in [0.15, 0.2) is 0 Å². The number of carbonyl (C=O) groups excluding carboxylic acids is 2. The lowest BCUT2D eigenvalue weighted by molar-refractivity contribution is -0.135. The Bertz CT molecular complexity index is 2470. The maximum atomic E-state index is 15.8. The number of nitrogens with one attached hydrogen (secondary N) is 4. The summed E-state index contributed by atoms with van der Waals surface area (Å²) in [5.41, 5.74) is 4.89. The molecule has 15 heteroatoms. The average molecular weight is 797 g/mol. The molecule has 2 aliphatic heterocycles. The first kappa shape index (κ1) is 38.6. The number of halogens is 1. The molecule has 2 aromatic heterocycles. The second-order valence-corrected chi connectivity index (χ2v) is 14.6. The molecule has 2 saturated heterocycles. The predicted octanol–water partition coefficient (Wildman–Crippen LogP) is 7.62.